The highest BCUT2D eigenvalue weighted by molar-refractivity contribution is 7.08. The molecule has 17 heavy (non-hydrogen) atoms. The second-order valence-corrected chi connectivity index (χ2v) is 5.21. The Labute approximate surface area is 105 Å². The number of aromatic nitrogens is 1. The van der Waals surface area contributed by atoms with E-state index in [1.807, 2.05) is 0 Å². The minimum atomic E-state index is 1.05. The third-order valence-electron chi connectivity index (χ3n) is 3.27. The van der Waals surface area contributed by atoms with E-state index in [1.165, 1.54) is 16.7 Å². The average molecular weight is 247 g/mol. The van der Waals surface area contributed by atoms with Gasteiger partial charge in [0.15, 0.2) is 0 Å². The van der Waals surface area contributed by atoms with Gasteiger partial charge in [0.05, 0.1) is 0 Å². The maximum Gasteiger partial charge on any atom is 0.0255 e. The van der Waals surface area contributed by atoms with E-state index >= 15 is 0 Å². The predicted molar refractivity (Wildman–Crippen MR) is 72.3 cm³/mol. The van der Waals surface area contributed by atoms with Crippen molar-refractivity contribution in [3.63, 3.8) is 0 Å². The molecule has 0 bridgehead atoms. The maximum absolute atomic E-state index is 3.39. The first kappa shape index (κ1) is 11.0. The van der Waals surface area contributed by atoms with Crippen LogP contribution in [0.25, 0.3) is 11.1 Å². The summed E-state index contributed by atoms with van der Waals surface area (Å²) in [6, 6.07) is 2.19. The molecule has 0 saturated carbocycles. The lowest BCUT2D eigenvalue weighted by Crippen LogP contribution is -2.42. The third kappa shape index (κ3) is 2.44. The molecule has 1 aliphatic rings. The number of nitrogens with zero attached hydrogens (tertiary/aromatic N) is 1. The smallest absolute Gasteiger partial charge is 0.0255 e. The molecule has 0 aromatic carbocycles. The maximum atomic E-state index is 3.39. The van der Waals surface area contributed by atoms with Crippen molar-refractivity contribution in [3.8, 4) is 11.1 Å². The summed E-state index contributed by atoms with van der Waals surface area (Å²) in [5.74, 6) is 0. The van der Waals surface area contributed by atoms with Crippen LogP contribution in [-0.2, 0) is 6.54 Å². The molecule has 0 radical (unpaired) electrons. The molecule has 0 unspecified atom stereocenters. The number of thiophene rings is 1. The second-order valence-electron chi connectivity index (χ2n) is 4.43. The number of aromatic amines is 1. The van der Waals surface area contributed by atoms with Gasteiger partial charge >= 0.3 is 0 Å². The molecule has 2 aromatic heterocycles. The van der Waals surface area contributed by atoms with Crippen LogP contribution in [0.5, 0.6) is 0 Å². The van der Waals surface area contributed by atoms with Crippen molar-refractivity contribution >= 4 is 11.3 Å². The molecule has 1 saturated heterocycles. The Morgan fingerprint density at radius 2 is 2.12 bits per heavy atom. The van der Waals surface area contributed by atoms with Crippen molar-refractivity contribution in [1.29, 1.82) is 0 Å². The van der Waals surface area contributed by atoms with Gasteiger partial charge in [0.25, 0.3) is 0 Å². The Morgan fingerprint density at radius 1 is 1.24 bits per heavy atom. The number of hydrogen-bond donors (Lipinski definition) is 2. The van der Waals surface area contributed by atoms with Crippen molar-refractivity contribution in [2.24, 2.45) is 0 Å². The van der Waals surface area contributed by atoms with Gasteiger partial charge in [-0.25, -0.2) is 0 Å². The highest BCUT2D eigenvalue weighted by atomic mass is 32.1. The normalized spacial score (nSPS) is 17.4. The minimum Gasteiger partial charge on any atom is -0.367 e. The van der Waals surface area contributed by atoms with Gasteiger partial charge in [0, 0.05) is 50.7 Å². The second kappa shape index (κ2) is 5.04. The zero-order valence-corrected chi connectivity index (χ0v) is 10.6. The van der Waals surface area contributed by atoms with E-state index in [-0.39, 0.29) is 0 Å². The summed E-state index contributed by atoms with van der Waals surface area (Å²) in [4.78, 5) is 5.75. The molecular weight excluding hydrogens is 230 g/mol. The van der Waals surface area contributed by atoms with Crippen LogP contribution in [0.15, 0.2) is 29.2 Å². The monoisotopic (exact) mass is 247 g/mol. The number of rotatable bonds is 3. The lowest BCUT2D eigenvalue weighted by molar-refractivity contribution is 0.233. The summed E-state index contributed by atoms with van der Waals surface area (Å²) in [7, 11) is 0. The summed E-state index contributed by atoms with van der Waals surface area (Å²) >= 11 is 1.76. The molecule has 3 heterocycles. The van der Waals surface area contributed by atoms with Crippen LogP contribution in [0.1, 0.15) is 5.56 Å². The van der Waals surface area contributed by atoms with Gasteiger partial charge in [0.2, 0.25) is 0 Å². The van der Waals surface area contributed by atoms with Crippen LogP contribution < -0.4 is 5.32 Å². The molecule has 90 valence electrons. The van der Waals surface area contributed by atoms with Crippen molar-refractivity contribution in [2.45, 2.75) is 6.54 Å². The standard InChI is InChI=1S/C13H17N3S/c1-6-17-10-11(1)13-8-15-7-12(13)9-16-4-2-14-3-5-16/h1,6-8,10,14-15H,2-5,9H2. The van der Waals surface area contributed by atoms with Gasteiger partial charge in [-0.1, -0.05) is 0 Å². The first-order valence-electron chi connectivity index (χ1n) is 6.05. The fourth-order valence-electron chi connectivity index (χ4n) is 2.32. The molecule has 1 aliphatic heterocycles. The van der Waals surface area contributed by atoms with Crippen LogP contribution in [0.3, 0.4) is 0 Å². The molecule has 0 amide bonds. The van der Waals surface area contributed by atoms with Crippen LogP contribution >= 0.6 is 11.3 Å². The number of hydrogen-bond acceptors (Lipinski definition) is 3. The summed E-state index contributed by atoms with van der Waals surface area (Å²) < 4.78 is 0. The van der Waals surface area contributed by atoms with E-state index in [0.29, 0.717) is 0 Å². The molecule has 2 aromatic rings. The van der Waals surface area contributed by atoms with Crippen LogP contribution in [0.2, 0.25) is 0 Å². The van der Waals surface area contributed by atoms with Gasteiger partial charge in [-0.3, -0.25) is 4.90 Å². The Hall–Kier alpha value is -1.10. The quantitative estimate of drug-likeness (QED) is 0.871. The Bertz CT molecular complexity index is 455. The zero-order chi connectivity index (χ0) is 11.5. The van der Waals surface area contributed by atoms with E-state index in [9.17, 15) is 0 Å². The van der Waals surface area contributed by atoms with E-state index in [1.54, 1.807) is 11.3 Å². The highest BCUT2D eigenvalue weighted by Gasteiger charge is 2.13. The van der Waals surface area contributed by atoms with Gasteiger partial charge in [-0.05, 0) is 28.0 Å². The van der Waals surface area contributed by atoms with E-state index < -0.39 is 0 Å². The SMILES string of the molecule is c1cc(-c2c[nH]cc2CN2CCNCC2)cs1. The summed E-state index contributed by atoms with van der Waals surface area (Å²) in [5.41, 5.74) is 4.09. The van der Waals surface area contributed by atoms with E-state index in [4.69, 9.17) is 0 Å². The molecule has 2 N–H and O–H groups in total. The molecule has 3 nitrogen and oxygen atoms in total. The van der Waals surface area contributed by atoms with Crippen LogP contribution in [0.4, 0.5) is 0 Å². The van der Waals surface area contributed by atoms with Crippen molar-refractivity contribution in [2.75, 3.05) is 26.2 Å². The molecule has 3 rings (SSSR count). The van der Waals surface area contributed by atoms with Crippen molar-refractivity contribution in [3.05, 3.63) is 34.8 Å². The average Bonchev–Trinajstić information content (AvgIpc) is 3.00. The summed E-state index contributed by atoms with van der Waals surface area (Å²) in [6.45, 7) is 5.56. The van der Waals surface area contributed by atoms with E-state index in [2.05, 4.69) is 44.4 Å². The molecule has 1 fully saturated rings. The topological polar surface area (TPSA) is 31.1 Å². The molecule has 0 spiro atoms. The summed E-state index contributed by atoms with van der Waals surface area (Å²) in [6.07, 6.45) is 4.24. The van der Waals surface area contributed by atoms with Gasteiger partial charge in [-0.2, -0.15) is 11.3 Å². The number of H-pyrrole nitrogens is 1. The number of nitrogens with one attached hydrogen (secondary N) is 2. The molecular formula is C13H17N3S. The lowest BCUT2D eigenvalue weighted by atomic mass is 10.1. The predicted octanol–water partition coefficient (Wildman–Crippen LogP) is 2.15. The molecule has 0 aliphatic carbocycles. The van der Waals surface area contributed by atoms with E-state index in [0.717, 1.165) is 32.7 Å². The summed E-state index contributed by atoms with van der Waals surface area (Å²) in [5, 5.41) is 7.74. The fraction of sp³-hybridized carbons (Fsp3) is 0.385. The van der Waals surface area contributed by atoms with Crippen LogP contribution in [0, 0.1) is 0 Å². The van der Waals surface area contributed by atoms with Crippen molar-refractivity contribution < 1.29 is 0 Å². The van der Waals surface area contributed by atoms with Gasteiger partial charge in [-0.15, -0.1) is 0 Å². The first-order valence-corrected chi connectivity index (χ1v) is 6.99. The Kier molecular flexibility index (Phi) is 3.27. The van der Waals surface area contributed by atoms with Crippen LogP contribution in [-0.4, -0.2) is 36.1 Å². The van der Waals surface area contributed by atoms with Gasteiger partial charge in [0.1, 0.15) is 0 Å². The zero-order valence-electron chi connectivity index (χ0n) is 9.78. The van der Waals surface area contributed by atoms with Gasteiger partial charge < -0.3 is 10.3 Å². The first-order chi connectivity index (χ1) is 8.43. The van der Waals surface area contributed by atoms with Crippen molar-refractivity contribution in [1.82, 2.24) is 15.2 Å². The number of piperazine rings is 1. The molecule has 4 heteroatoms. The largest absolute Gasteiger partial charge is 0.367 e. The highest BCUT2D eigenvalue weighted by Crippen LogP contribution is 2.26. The minimum absolute atomic E-state index is 1.05. The Balaban J connectivity index is 1.77. The third-order valence-corrected chi connectivity index (χ3v) is 3.95. The lowest BCUT2D eigenvalue weighted by Gasteiger charge is -2.27. The fourth-order valence-corrected chi connectivity index (χ4v) is 2.98. The molecule has 0 atom stereocenters. The Morgan fingerprint density at radius 3 is 2.88 bits per heavy atom.